The summed E-state index contributed by atoms with van der Waals surface area (Å²) in [6.07, 6.45) is 2.11. The van der Waals surface area contributed by atoms with Gasteiger partial charge in [-0.25, -0.2) is 4.79 Å². The molecule has 2 aromatic rings. The van der Waals surface area contributed by atoms with E-state index in [1.807, 2.05) is 12.1 Å². The van der Waals surface area contributed by atoms with Crippen molar-refractivity contribution in [3.8, 4) is 0 Å². The fourth-order valence-corrected chi connectivity index (χ4v) is 2.78. The van der Waals surface area contributed by atoms with Crippen LogP contribution in [0, 0.1) is 10.1 Å². The number of nitrogens with one attached hydrogen (secondary N) is 1. The molecule has 2 heterocycles. The monoisotopic (exact) mass is 340 g/mol. The molecule has 1 fully saturated rings. The summed E-state index contributed by atoms with van der Waals surface area (Å²) in [7, 11) is 0. The van der Waals surface area contributed by atoms with Crippen molar-refractivity contribution in [3.05, 3.63) is 70.0 Å². The van der Waals surface area contributed by atoms with Crippen molar-refractivity contribution >= 4 is 17.6 Å². The van der Waals surface area contributed by atoms with Gasteiger partial charge in [-0.3, -0.25) is 24.8 Å². The average Bonchev–Trinajstić information content (AvgIpc) is 2.84. The fraction of sp³-hybridized carbons (Fsp3) is 0.235. The number of nitro benzene ring substituents is 1. The number of hydrogen-bond acceptors (Lipinski definition) is 5. The van der Waals surface area contributed by atoms with Crippen molar-refractivity contribution in [3.63, 3.8) is 0 Å². The predicted octanol–water partition coefficient (Wildman–Crippen LogP) is 2.00. The number of amides is 3. The first-order chi connectivity index (χ1) is 11.9. The summed E-state index contributed by atoms with van der Waals surface area (Å²) < 4.78 is 0. The molecule has 3 amide bonds. The Hall–Kier alpha value is -3.29. The maximum Gasteiger partial charge on any atom is 0.325 e. The molecule has 0 bridgehead atoms. The highest BCUT2D eigenvalue weighted by atomic mass is 16.6. The largest absolute Gasteiger partial charge is 0.325 e. The Morgan fingerprint density at radius 3 is 2.52 bits per heavy atom. The lowest BCUT2D eigenvalue weighted by molar-refractivity contribution is -0.384. The maximum atomic E-state index is 12.8. The Bertz CT molecular complexity index is 822. The van der Waals surface area contributed by atoms with E-state index in [0.717, 1.165) is 10.6 Å². The summed E-state index contributed by atoms with van der Waals surface area (Å²) in [5.74, 6) is -0.387. The van der Waals surface area contributed by atoms with E-state index >= 15 is 0 Å². The normalized spacial score (nSPS) is 19.8. The van der Waals surface area contributed by atoms with Gasteiger partial charge in [0.05, 0.1) is 4.92 Å². The standard InChI is InChI=1S/C17H16N4O4/c1-17(12-5-7-14(8-6-12)21(24)25)15(22)20(16(23)19-17)11-9-13-4-2-3-10-18-13/h2-8,10H,9,11H2,1H3,(H,19,23). The molecule has 8 nitrogen and oxygen atoms in total. The van der Waals surface area contributed by atoms with Crippen LogP contribution >= 0.6 is 0 Å². The second-order valence-corrected chi connectivity index (χ2v) is 5.89. The molecule has 1 N–H and O–H groups in total. The molecular weight excluding hydrogens is 324 g/mol. The van der Waals surface area contributed by atoms with E-state index in [1.165, 1.54) is 24.3 Å². The third-order valence-electron chi connectivity index (χ3n) is 4.25. The van der Waals surface area contributed by atoms with Crippen LogP contribution in [0.3, 0.4) is 0 Å². The lowest BCUT2D eigenvalue weighted by Crippen LogP contribution is -2.41. The molecule has 1 aliphatic rings. The van der Waals surface area contributed by atoms with Gasteiger partial charge in [-0.1, -0.05) is 6.07 Å². The SMILES string of the molecule is CC1(c2ccc([N+](=O)[O-])cc2)NC(=O)N(CCc2ccccn2)C1=O. The Labute approximate surface area is 143 Å². The second kappa shape index (κ2) is 6.31. The van der Waals surface area contributed by atoms with E-state index in [1.54, 1.807) is 19.2 Å². The van der Waals surface area contributed by atoms with Gasteiger partial charge in [-0.05, 0) is 36.8 Å². The van der Waals surface area contributed by atoms with Crippen LogP contribution < -0.4 is 5.32 Å². The Morgan fingerprint density at radius 2 is 1.92 bits per heavy atom. The highest BCUT2D eigenvalue weighted by Crippen LogP contribution is 2.30. The number of pyridine rings is 1. The molecule has 8 heteroatoms. The smallest absolute Gasteiger partial charge is 0.319 e. The van der Waals surface area contributed by atoms with Crippen LogP contribution in [0.2, 0.25) is 0 Å². The Morgan fingerprint density at radius 1 is 1.20 bits per heavy atom. The number of hydrogen-bond donors (Lipinski definition) is 1. The number of carbonyl (C=O) groups excluding carboxylic acids is 2. The highest BCUT2D eigenvalue weighted by molar-refractivity contribution is 6.07. The average molecular weight is 340 g/mol. The minimum atomic E-state index is -1.24. The van der Waals surface area contributed by atoms with Crippen LogP contribution in [0.1, 0.15) is 18.2 Å². The van der Waals surface area contributed by atoms with Gasteiger partial charge in [0.25, 0.3) is 11.6 Å². The number of carbonyl (C=O) groups is 2. The zero-order valence-corrected chi connectivity index (χ0v) is 13.5. The third-order valence-corrected chi connectivity index (χ3v) is 4.25. The van der Waals surface area contributed by atoms with Gasteiger partial charge < -0.3 is 5.32 Å². The number of rotatable bonds is 5. The summed E-state index contributed by atoms with van der Waals surface area (Å²) in [6, 6.07) is 10.6. The molecule has 25 heavy (non-hydrogen) atoms. The first kappa shape index (κ1) is 16.6. The molecule has 0 radical (unpaired) electrons. The van der Waals surface area contributed by atoms with Crippen molar-refractivity contribution in [1.29, 1.82) is 0 Å². The molecule has 128 valence electrons. The molecule has 0 spiro atoms. The van der Waals surface area contributed by atoms with Gasteiger partial charge in [0.2, 0.25) is 0 Å². The quantitative estimate of drug-likeness (QED) is 0.509. The second-order valence-electron chi connectivity index (χ2n) is 5.89. The molecule has 1 aromatic carbocycles. The Balaban J connectivity index is 1.78. The van der Waals surface area contributed by atoms with Gasteiger partial charge in [-0.2, -0.15) is 0 Å². The van der Waals surface area contributed by atoms with Gasteiger partial charge in [0, 0.05) is 37.0 Å². The lowest BCUT2D eigenvalue weighted by atomic mass is 9.92. The number of aromatic nitrogens is 1. The summed E-state index contributed by atoms with van der Waals surface area (Å²) in [5, 5.41) is 13.4. The molecule has 0 aliphatic carbocycles. The third kappa shape index (κ3) is 3.06. The number of imide groups is 1. The fourth-order valence-electron chi connectivity index (χ4n) is 2.78. The van der Waals surface area contributed by atoms with E-state index < -0.39 is 16.5 Å². The van der Waals surface area contributed by atoms with Gasteiger partial charge in [-0.15, -0.1) is 0 Å². The van der Waals surface area contributed by atoms with Crippen LogP contribution in [0.15, 0.2) is 48.7 Å². The summed E-state index contributed by atoms with van der Waals surface area (Å²) in [6.45, 7) is 1.80. The highest BCUT2D eigenvalue weighted by Gasteiger charge is 2.48. The van der Waals surface area contributed by atoms with Crippen LogP contribution in [-0.2, 0) is 16.8 Å². The van der Waals surface area contributed by atoms with Gasteiger partial charge in [0.15, 0.2) is 0 Å². The number of non-ortho nitro benzene ring substituents is 1. The van der Waals surface area contributed by atoms with Crippen LogP contribution in [0.4, 0.5) is 10.5 Å². The van der Waals surface area contributed by atoms with E-state index in [4.69, 9.17) is 0 Å². The minimum absolute atomic E-state index is 0.0730. The number of urea groups is 1. The summed E-state index contributed by atoms with van der Waals surface area (Å²) >= 11 is 0. The molecule has 3 rings (SSSR count). The van der Waals surface area contributed by atoms with Gasteiger partial charge >= 0.3 is 6.03 Å². The molecular formula is C17H16N4O4. The van der Waals surface area contributed by atoms with Crippen LogP contribution in [0.5, 0.6) is 0 Å². The Kier molecular flexibility index (Phi) is 4.18. The van der Waals surface area contributed by atoms with Crippen molar-refractivity contribution in [2.45, 2.75) is 18.9 Å². The van der Waals surface area contributed by atoms with Crippen LogP contribution in [0.25, 0.3) is 0 Å². The molecule has 1 unspecified atom stereocenters. The van der Waals surface area contributed by atoms with E-state index in [0.29, 0.717) is 12.0 Å². The molecule has 1 aliphatic heterocycles. The number of benzene rings is 1. The van der Waals surface area contributed by atoms with Crippen molar-refractivity contribution < 1.29 is 14.5 Å². The molecule has 1 saturated heterocycles. The van der Waals surface area contributed by atoms with Crippen LogP contribution in [-0.4, -0.2) is 33.3 Å². The summed E-state index contributed by atoms with van der Waals surface area (Å²) in [5.41, 5.74) is -0.0315. The zero-order valence-electron chi connectivity index (χ0n) is 13.5. The predicted molar refractivity (Wildman–Crippen MR) is 88.6 cm³/mol. The number of nitrogens with zero attached hydrogens (tertiary/aromatic N) is 3. The van der Waals surface area contributed by atoms with E-state index in [9.17, 15) is 19.7 Å². The molecule has 0 saturated carbocycles. The minimum Gasteiger partial charge on any atom is -0.319 e. The van der Waals surface area contributed by atoms with E-state index in [-0.39, 0.29) is 18.1 Å². The van der Waals surface area contributed by atoms with Crippen molar-refractivity contribution in [1.82, 2.24) is 15.2 Å². The summed E-state index contributed by atoms with van der Waals surface area (Å²) in [4.78, 5) is 40.6. The first-order valence-corrected chi connectivity index (χ1v) is 7.71. The molecule has 1 atom stereocenters. The number of nitro groups is 1. The van der Waals surface area contributed by atoms with Gasteiger partial charge in [0.1, 0.15) is 5.54 Å². The maximum absolute atomic E-state index is 12.8. The lowest BCUT2D eigenvalue weighted by Gasteiger charge is -2.22. The van der Waals surface area contributed by atoms with Crippen molar-refractivity contribution in [2.24, 2.45) is 0 Å². The first-order valence-electron chi connectivity index (χ1n) is 7.71. The van der Waals surface area contributed by atoms with E-state index in [2.05, 4.69) is 10.3 Å². The van der Waals surface area contributed by atoms with Crippen molar-refractivity contribution in [2.75, 3.05) is 6.54 Å². The topological polar surface area (TPSA) is 105 Å². The zero-order chi connectivity index (χ0) is 18.0. The molecule has 1 aromatic heterocycles.